The average Bonchev–Trinajstić information content (AvgIpc) is 2.52. The summed E-state index contributed by atoms with van der Waals surface area (Å²) in [4.78, 5) is 0. The van der Waals surface area contributed by atoms with Crippen molar-refractivity contribution in [1.29, 1.82) is 0 Å². The second-order valence-electron chi connectivity index (χ2n) is 5.34. The maximum atomic E-state index is 12.1. The summed E-state index contributed by atoms with van der Waals surface area (Å²) in [5.74, 6) is 0. The van der Waals surface area contributed by atoms with E-state index in [0.717, 1.165) is 23.7 Å². The summed E-state index contributed by atoms with van der Waals surface area (Å²) in [5, 5.41) is 12.1. The van der Waals surface area contributed by atoms with Gasteiger partial charge in [-0.05, 0) is 23.6 Å². The third-order valence-corrected chi connectivity index (χ3v) is 3.38. The van der Waals surface area contributed by atoms with Crippen LogP contribution in [0.15, 0.2) is 54.6 Å². The lowest BCUT2D eigenvalue weighted by atomic mass is 9.97. The molecule has 0 amide bonds. The largest absolute Gasteiger partial charge is 0.633 e. The van der Waals surface area contributed by atoms with Gasteiger partial charge in [-0.3, -0.25) is 0 Å². The van der Waals surface area contributed by atoms with Gasteiger partial charge >= 0.3 is 0 Å². The van der Waals surface area contributed by atoms with Gasteiger partial charge in [0, 0.05) is 0 Å². The maximum absolute atomic E-state index is 12.1. The molecule has 0 aromatic heterocycles. The van der Waals surface area contributed by atoms with Crippen LogP contribution in [0.4, 0.5) is 0 Å². The Balaban J connectivity index is 2.18. The van der Waals surface area contributed by atoms with E-state index >= 15 is 0 Å². The van der Waals surface area contributed by atoms with Crippen LogP contribution in [0.2, 0.25) is 0 Å². The van der Waals surface area contributed by atoms with Crippen molar-refractivity contribution in [3.8, 4) is 0 Å². The lowest BCUT2D eigenvalue weighted by Gasteiger charge is -2.34. The van der Waals surface area contributed by atoms with Gasteiger partial charge in [0.25, 0.3) is 0 Å². The SMILES string of the molecule is [2H]C([2H])([2H])[N+](C)([O-])CCOC(c1ccccc1)c1ccccc1C. The zero-order chi connectivity index (χ0) is 17.8. The number of benzene rings is 2. The molecule has 3 nitrogen and oxygen atoms in total. The van der Waals surface area contributed by atoms with Crippen molar-refractivity contribution < 1.29 is 13.5 Å². The number of hydroxylamine groups is 3. The normalized spacial score (nSPS) is 18.1. The van der Waals surface area contributed by atoms with E-state index in [1.54, 1.807) is 0 Å². The molecule has 2 unspecified atom stereocenters. The first-order chi connectivity index (χ1) is 11.2. The fourth-order valence-corrected chi connectivity index (χ4v) is 2.22. The van der Waals surface area contributed by atoms with Crippen molar-refractivity contribution in [2.45, 2.75) is 13.0 Å². The van der Waals surface area contributed by atoms with Crippen LogP contribution >= 0.6 is 0 Å². The molecule has 0 bridgehead atoms. The molecule has 112 valence electrons. The first-order valence-corrected chi connectivity index (χ1v) is 7.01. The summed E-state index contributed by atoms with van der Waals surface area (Å²) in [6, 6.07) is 17.6. The molecule has 0 fully saturated rings. The molecule has 2 rings (SSSR count). The van der Waals surface area contributed by atoms with Crippen molar-refractivity contribution in [1.82, 2.24) is 0 Å². The van der Waals surface area contributed by atoms with Crippen molar-refractivity contribution >= 4 is 0 Å². The Kier molecular flexibility index (Phi) is 3.89. The quantitative estimate of drug-likeness (QED) is 0.600. The van der Waals surface area contributed by atoms with Gasteiger partial charge in [-0.15, -0.1) is 0 Å². The smallest absolute Gasteiger partial charge is 0.108 e. The van der Waals surface area contributed by atoms with Crippen LogP contribution in [-0.2, 0) is 4.74 Å². The number of hydrogen-bond acceptors (Lipinski definition) is 2. The van der Waals surface area contributed by atoms with Crippen LogP contribution in [0.5, 0.6) is 0 Å². The van der Waals surface area contributed by atoms with Gasteiger partial charge in [-0.25, -0.2) is 0 Å². The fraction of sp³-hybridized carbons (Fsp3) is 0.333. The van der Waals surface area contributed by atoms with Crippen LogP contribution in [0.3, 0.4) is 0 Å². The standard InChI is InChI=1S/C18H23NO2/c1-15-9-7-8-12-17(15)18(16-10-5-4-6-11-16)21-14-13-19(2,3)20/h4-12,18H,13-14H2,1-3H3/i2D3. The Morgan fingerprint density at radius 2 is 1.81 bits per heavy atom. The van der Waals surface area contributed by atoms with Gasteiger partial charge in [0.2, 0.25) is 0 Å². The molecule has 0 aliphatic rings. The zero-order valence-electron chi connectivity index (χ0n) is 15.5. The second-order valence-corrected chi connectivity index (χ2v) is 5.34. The Hall–Kier alpha value is -1.68. The highest BCUT2D eigenvalue weighted by Crippen LogP contribution is 2.28. The molecular formula is C18H23NO2. The molecule has 0 spiro atoms. The molecule has 0 N–H and O–H groups in total. The third kappa shape index (κ3) is 4.67. The van der Waals surface area contributed by atoms with E-state index in [-0.39, 0.29) is 19.3 Å². The lowest BCUT2D eigenvalue weighted by Crippen LogP contribution is -2.36. The molecule has 21 heavy (non-hydrogen) atoms. The van der Waals surface area contributed by atoms with E-state index in [0.29, 0.717) is 0 Å². The lowest BCUT2D eigenvalue weighted by molar-refractivity contribution is -0.840. The average molecular weight is 288 g/mol. The van der Waals surface area contributed by atoms with Gasteiger partial charge in [-0.1, -0.05) is 54.6 Å². The summed E-state index contributed by atoms with van der Waals surface area (Å²) < 4.78 is 26.6. The van der Waals surface area contributed by atoms with Crippen LogP contribution < -0.4 is 0 Å². The first kappa shape index (κ1) is 11.9. The van der Waals surface area contributed by atoms with E-state index in [1.807, 2.05) is 61.5 Å². The molecule has 0 saturated carbocycles. The molecule has 0 heterocycles. The van der Waals surface area contributed by atoms with E-state index in [9.17, 15) is 5.21 Å². The summed E-state index contributed by atoms with van der Waals surface area (Å²) in [7, 11) is 1.15. The van der Waals surface area contributed by atoms with E-state index in [1.165, 1.54) is 0 Å². The monoisotopic (exact) mass is 288 g/mol. The highest BCUT2D eigenvalue weighted by Gasteiger charge is 2.17. The Bertz CT molecular complexity index is 657. The van der Waals surface area contributed by atoms with Crippen molar-refractivity contribution in [2.24, 2.45) is 0 Å². The minimum Gasteiger partial charge on any atom is -0.633 e. The van der Waals surface area contributed by atoms with Gasteiger partial charge in [0.15, 0.2) is 0 Å². The minimum atomic E-state index is -2.60. The molecule has 0 aliphatic carbocycles. The topological polar surface area (TPSA) is 32.3 Å². The third-order valence-electron chi connectivity index (χ3n) is 3.38. The zero-order valence-corrected chi connectivity index (χ0v) is 12.5. The highest BCUT2D eigenvalue weighted by molar-refractivity contribution is 5.35. The van der Waals surface area contributed by atoms with Crippen molar-refractivity contribution in [3.05, 3.63) is 76.5 Å². The molecule has 0 aliphatic heterocycles. The summed E-state index contributed by atoms with van der Waals surface area (Å²) in [5.41, 5.74) is 3.07. The van der Waals surface area contributed by atoms with E-state index in [4.69, 9.17) is 8.85 Å². The number of aryl methyl sites for hydroxylation is 1. The van der Waals surface area contributed by atoms with Crippen LogP contribution in [0.25, 0.3) is 0 Å². The molecule has 2 aromatic rings. The van der Waals surface area contributed by atoms with E-state index < -0.39 is 11.6 Å². The van der Waals surface area contributed by atoms with Gasteiger partial charge in [-0.2, -0.15) is 0 Å². The van der Waals surface area contributed by atoms with Crippen LogP contribution in [0, 0.1) is 12.1 Å². The number of likely N-dealkylation sites (N-methyl/N-ethyl adjacent to an activating group) is 1. The predicted octanol–water partition coefficient (Wildman–Crippen LogP) is 3.68. The molecule has 2 atom stereocenters. The Labute approximate surface area is 131 Å². The molecule has 0 radical (unpaired) electrons. The van der Waals surface area contributed by atoms with E-state index in [2.05, 4.69) is 0 Å². The molecule has 2 aromatic carbocycles. The summed E-state index contributed by atoms with van der Waals surface area (Å²) in [6.07, 6.45) is -0.330. The van der Waals surface area contributed by atoms with Crippen molar-refractivity contribution in [3.63, 3.8) is 0 Å². The Morgan fingerprint density at radius 3 is 2.48 bits per heavy atom. The van der Waals surface area contributed by atoms with Crippen LogP contribution in [-0.4, -0.2) is 31.8 Å². The van der Waals surface area contributed by atoms with Crippen molar-refractivity contribution in [2.75, 3.05) is 27.2 Å². The molecular weight excluding hydrogens is 262 g/mol. The molecule has 0 saturated heterocycles. The summed E-state index contributed by atoms with van der Waals surface area (Å²) in [6.45, 7) is -0.670. The predicted molar refractivity (Wildman–Crippen MR) is 85.8 cm³/mol. The second kappa shape index (κ2) is 6.85. The number of ether oxygens (including phenoxy) is 1. The van der Waals surface area contributed by atoms with Gasteiger partial charge in [0.1, 0.15) is 12.6 Å². The Morgan fingerprint density at radius 1 is 1.14 bits per heavy atom. The molecule has 3 heteroatoms. The van der Waals surface area contributed by atoms with Gasteiger partial charge in [0.05, 0.1) is 24.7 Å². The van der Waals surface area contributed by atoms with Gasteiger partial charge < -0.3 is 14.6 Å². The minimum absolute atomic E-state index is 0.0618. The van der Waals surface area contributed by atoms with Crippen LogP contribution in [0.1, 0.15) is 26.9 Å². The highest BCUT2D eigenvalue weighted by atomic mass is 16.5. The summed E-state index contributed by atoms with van der Waals surface area (Å²) >= 11 is 0. The number of rotatable bonds is 6. The number of nitrogens with zero attached hydrogens (tertiary/aromatic N) is 1. The first-order valence-electron chi connectivity index (χ1n) is 8.51. The fourth-order valence-electron chi connectivity index (χ4n) is 2.22. The number of quaternary nitrogens is 1. The maximum Gasteiger partial charge on any atom is 0.108 e. The number of hydrogen-bond donors (Lipinski definition) is 0.